The molecule has 0 aromatic heterocycles. The number of hydrogen-bond donors (Lipinski definition) is 0. The van der Waals surface area contributed by atoms with Gasteiger partial charge in [0, 0.05) is 38.3 Å². The monoisotopic (exact) mass is 334 g/mol. The van der Waals surface area contributed by atoms with Crippen LogP contribution in [0.1, 0.15) is 12.0 Å². The minimum absolute atomic E-state index is 0.0706. The van der Waals surface area contributed by atoms with Gasteiger partial charge in [-0.3, -0.25) is 9.69 Å². The molecule has 0 saturated carbocycles. The maximum absolute atomic E-state index is 13.9. The highest BCUT2D eigenvalue weighted by molar-refractivity contribution is 5.80. The molecule has 3 saturated heterocycles. The molecule has 1 aromatic rings. The lowest BCUT2D eigenvalue weighted by molar-refractivity contribution is -0.142. The quantitative estimate of drug-likeness (QED) is 0.835. The van der Waals surface area contributed by atoms with Gasteiger partial charge in [-0.25, -0.2) is 4.39 Å². The van der Waals surface area contributed by atoms with Crippen molar-refractivity contribution in [3.8, 4) is 0 Å². The third kappa shape index (κ3) is 3.18. The van der Waals surface area contributed by atoms with Gasteiger partial charge in [0.05, 0.1) is 31.3 Å². The zero-order chi connectivity index (χ0) is 16.5. The molecule has 1 amide bonds. The first-order valence-electron chi connectivity index (χ1n) is 8.68. The van der Waals surface area contributed by atoms with Gasteiger partial charge in [0.2, 0.25) is 5.91 Å². The Labute approximate surface area is 141 Å². The van der Waals surface area contributed by atoms with Crippen molar-refractivity contribution < 1.29 is 18.7 Å². The zero-order valence-corrected chi connectivity index (χ0v) is 13.7. The number of hydrogen-bond acceptors (Lipinski definition) is 4. The maximum Gasteiger partial charge on any atom is 0.228 e. The van der Waals surface area contributed by atoms with E-state index >= 15 is 0 Å². The number of rotatable bonds is 3. The van der Waals surface area contributed by atoms with Crippen LogP contribution >= 0.6 is 0 Å². The maximum atomic E-state index is 13.9. The molecular formula is C18H23FN2O3. The lowest BCUT2D eigenvalue weighted by Crippen LogP contribution is -2.48. The molecule has 5 nitrogen and oxygen atoms in total. The Kier molecular flexibility index (Phi) is 4.52. The van der Waals surface area contributed by atoms with Crippen molar-refractivity contribution in [2.75, 3.05) is 39.4 Å². The molecule has 6 heteroatoms. The van der Waals surface area contributed by atoms with Crippen LogP contribution in [0.2, 0.25) is 0 Å². The van der Waals surface area contributed by atoms with Crippen LogP contribution in [0, 0.1) is 11.7 Å². The molecule has 3 atom stereocenters. The van der Waals surface area contributed by atoms with E-state index < -0.39 is 0 Å². The fourth-order valence-corrected chi connectivity index (χ4v) is 4.01. The van der Waals surface area contributed by atoms with E-state index in [-0.39, 0.29) is 29.9 Å². The molecule has 0 aliphatic carbocycles. The molecular weight excluding hydrogens is 311 g/mol. The lowest BCUT2D eigenvalue weighted by Gasteiger charge is -2.34. The van der Waals surface area contributed by atoms with Crippen LogP contribution in [0.4, 0.5) is 4.39 Å². The lowest BCUT2D eigenvalue weighted by atomic mass is 9.98. The van der Waals surface area contributed by atoms with Crippen LogP contribution in [0.3, 0.4) is 0 Å². The Hall–Kier alpha value is -1.50. The van der Waals surface area contributed by atoms with Crippen molar-refractivity contribution in [2.24, 2.45) is 5.92 Å². The zero-order valence-electron chi connectivity index (χ0n) is 13.7. The summed E-state index contributed by atoms with van der Waals surface area (Å²) in [6, 6.07) is 6.88. The van der Waals surface area contributed by atoms with E-state index in [1.165, 1.54) is 6.07 Å². The summed E-state index contributed by atoms with van der Waals surface area (Å²) in [6.07, 6.45) is 0.769. The number of benzene rings is 1. The number of carbonyl (C=O) groups is 1. The number of carbonyl (C=O) groups excluding carboxylic acids is 1. The number of halogens is 1. The second-order valence-corrected chi connectivity index (χ2v) is 6.86. The van der Waals surface area contributed by atoms with Crippen LogP contribution in [-0.2, 0) is 20.8 Å². The average molecular weight is 334 g/mol. The summed E-state index contributed by atoms with van der Waals surface area (Å²) in [4.78, 5) is 16.9. The summed E-state index contributed by atoms with van der Waals surface area (Å²) in [5.41, 5.74) is 0.704. The molecule has 0 unspecified atom stereocenters. The van der Waals surface area contributed by atoms with Crippen molar-refractivity contribution in [1.29, 1.82) is 0 Å². The third-order valence-electron chi connectivity index (χ3n) is 5.22. The molecule has 0 radical (unpaired) electrons. The Morgan fingerprint density at radius 3 is 2.79 bits per heavy atom. The molecule has 0 N–H and O–H groups in total. The first-order valence-corrected chi connectivity index (χ1v) is 8.68. The van der Waals surface area contributed by atoms with Gasteiger partial charge in [-0.15, -0.1) is 0 Å². The van der Waals surface area contributed by atoms with Crippen molar-refractivity contribution in [2.45, 2.75) is 25.2 Å². The Morgan fingerprint density at radius 1 is 1.21 bits per heavy atom. The van der Waals surface area contributed by atoms with Gasteiger partial charge >= 0.3 is 0 Å². The van der Waals surface area contributed by atoms with E-state index in [0.29, 0.717) is 45.0 Å². The van der Waals surface area contributed by atoms with E-state index in [1.54, 1.807) is 6.07 Å². The van der Waals surface area contributed by atoms with Crippen LogP contribution in [0.25, 0.3) is 0 Å². The van der Waals surface area contributed by atoms with E-state index in [1.807, 2.05) is 17.0 Å². The standard InChI is InChI=1S/C18H23FN2O3/c19-16-4-2-1-3-13(16)10-20-11-14-9-15(17(12-20)24-14)18(22)21-5-7-23-8-6-21/h1-4,14-15,17H,5-12H2/t14-,15+,17-/m1/s1. The van der Waals surface area contributed by atoms with Gasteiger partial charge < -0.3 is 14.4 Å². The summed E-state index contributed by atoms with van der Waals surface area (Å²) in [5, 5.41) is 0. The Balaban J connectivity index is 1.40. The highest BCUT2D eigenvalue weighted by Gasteiger charge is 2.45. The number of likely N-dealkylation sites (tertiary alicyclic amines) is 1. The summed E-state index contributed by atoms with van der Waals surface area (Å²) >= 11 is 0. The minimum Gasteiger partial charge on any atom is -0.378 e. The van der Waals surface area contributed by atoms with Crippen LogP contribution in [-0.4, -0.2) is 67.3 Å². The van der Waals surface area contributed by atoms with Gasteiger partial charge in [0.1, 0.15) is 5.82 Å². The topological polar surface area (TPSA) is 42.0 Å². The largest absolute Gasteiger partial charge is 0.378 e. The van der Waals surface area contributed by atoms with E-state index in [9.17, 15) is 9.18 Å². The van der Waals surface area contributed by atoms with Crippen molar-refractivity contribution in [3.05, 3.63) is 35.6 Å². The number of ether oxygens (including phenoxy) is 2. The molecule has 1 aromatic carbocycles. The van der Waals surface area contributed by atoms with Gasteiger partial charge in [-0.2, -0.15) is 0 Å². The average Bonchev–Trinajstić information content (AvgIpc) is 2.91. The number of morpholine rings is 2. The second kappa shape index (κ2) is 6.78. The van der Waals surface area contributed by atoms with Gasteiger partial charge in [-0.1, -0.05) is 18.2 Å². The number of amides is 1. The summed E-state index contributed by atoms with van der Waals surface area (Å²) in [5.74, 6) is -0.0467. The van der Waals surface area contributed by atoms with Crippen molar-refractivity contribution in [3.63, 3.8) is 0 Å². The summed E-state index contributed by atoms with van der Waals surface area (Å²) in [7, 11) is 0. The molecule has 24 heavy (non-hydrogen) atoms. The summed E-state index contributed by atoms with van der Waals surface area (Å²) < 4.78 is 25.2. The predicted molar refractivity (Wildman–Crippen MR) is 85.8 cm³/mol. The van der Waals surface area contributed by atoms with Crippen LogP contribution in [0.15, 0.2) is 24.3 Å². The van der Waals surface area contributed by atoms with Crippen LogP contribution in [0.5, 0.6) is 0 Å². The normalized spacial score (nSPS) is 30.5. The van der Waals surface area contributed by atoms with Gasteiger partial charge in [0.15, 0.2) is 0 Å². The summed E-state index contributed by atoms with van der Waals surface area (Å²) in [6.45, 7) is 4.60. The highest BCUT2D eigenvalue weighted by atomic mass is 19.1. The first kappa shape index (κ1) is 16.0. The number of fused-ring (bicyclic) bond motifs is 2. The predicted octanol–water partition coefficient (Wildman–Crippen LogP) is 1.27. The second-order valence-electron chi connectivity index (χ2n) is 6.86. The fraction of sp³-hybridized carbons (Fsp3) is 0.611. The third-order valence-corrected chi connectivity index (χ3v) is 5.22. The molecule has 130 valence electrons. The molecule has 2 bridgehead atoms. The van der Waals surface area contributed by atoms with Crippen molar-refractivity contribution in [1.82, 2.24) is 9.80 Å². The highest BCUT2D eigenvalue weighted by Crippen LogP contribution is 2.34. The Morgan fingerprint density at radius 2 is 2.00 bits per heavy atom. The Bertz CT molecular complexity index is 606. The van der Waals surface area contributed by atoms with Crippen LogP contribution < -0.4 is 0 Å². The SMILES string of the molecule is O=C([C@H]1C[C@@H]2CN(Cc3ccccc3F)C[C@H]1O2)N1CCOCC1. The molecule has 3 aliphatic rings. The number of nitrogens with zero attached hydrogens (tertiary/aromatic N) is 2. The van der Waals surface area contributed by atoms with Crippen molar-refractivity contribution >= 4 is 5.91 Å². The first-order chi connectivity index (χ1) is 11.7. The van der Waals surface area contributed by atoms with E-state index in [2.05, 4.69) is 4.90 Å². The van der Waals surface area contributed by atoms with Gasteiger partial charge in [0.25, 0.3) is 0 Å². The van der Waals surface area contributed by atoms with E-state index in [0.717, 1.165) is 13.0 Å². The molecule has 3 fully saturated rings. The molecule has 3 aliphatic heterocycles. The minimum atomic E-state index is -0.169. The van der Waals surface area contributed by atoms with E-state index in [4.69, 9.17) is 9.47 Å². The molecule has 0 spiro atoms. The molecule has 3 heterocycles. The van der Waals surface area contributed by atoms with Gasteiger partial charge in [-0.05, 0) is 12.5 Å². The smallest absolute Gasteiger partial charge is 0.228 e. The fourth-order valence-electron chi connectivity index (χ4n) is 4.01. The molecule has 4 rings (SSSR count).